The fourth-order valence-corrected chi connectivity index (χ4v) is 2.44. The molecule has 0 atom stereocenters. The molecule has 2 aromatic carbocycles. The van der Waals surface area contributed by atoms with Crippen LogP contribution in [0.3, 0.4) is 0 Å². The molecule has 144 valence electrons. The first-order valence-electron chi connectivity index (χ1n) is 8.60. The topological polar surface area (TPSA) is 92.0 Å². The Bertz CT molecular complexity index is 1060. The van der Waals surface area contributed by atoms with Gasteiger partial charge in [0.1, 0.15) is 30.0 Å². The third kappa shape index (κ3) is 4.37. The number of fused-ring (bicyclic) bond motifs is 1. The zero-order valence-electron chi connectivity index (χ0n) is 15.4. The molecule has 7 nitrogen and oxygen atoms in total. The number of carbonyl (C=O) groups excluding carboxylic acids is 2. The molecule has 0 aliphatic carbocycles. The molecule has 1 aromatic heterocycles. The number of hydrogen-bond donors (Lipinski definition) is 0. The second-order valence-electron chi connectivity index (χ2n) is 5.92. The first-order chi connectivity index (χ1) is 13.5. The average Bonchev–Trinajstić information content (AvgIpc) is 2.69. The van der Waals surface area contributed by atoms with Gasteiger partial charge in [-0.2, -0.15) is 0 Å². The van der Waals surface area contributed by atoms with Gasteiger partial charge in [-0.15, -0.1) is 0 Å². The number of ether oxygens (including phenoxy) is 3. The van der Waals surface area contributed by atoms with E-state index in [1.54, 1.807) is 43.3 Å². The molecule has 3 rings (SSSR count). The van der Waals surface area contributed by atoms with Gasteiger partial charge in [0.2, 0.25) is 11.2 Å². The Morgan fingerprint density at radius 1 is 1.04 bits per heavy atom. The van der Waals surface area contributed by atoms with Crippen LogP contribution >= 0.6 is 0 Å². The van der Waals surface area contributed by atoms with Gasteiger partial charge in [0.15, 0.2) is 5.78 Å². The largest absolute Gasteiger partial charge is 0.486 e. The van der Waals surface area contributed by atoms with Crippen LogP contribution in [0, 0.1) is 0 Å². The first-order valence-corrected chi connectivity index (χ1v) is 8.60. The molecule has 0 amide bonds. The molecule has 0 saturated heterocycles. The number of rotatable bonds is 7. The minimum absolute atomic E-state index is 0.00814. The van der Waals surface area contributed by atoms with E-state index in [-0.39, 0.29) is 30.2 Å². The van der Waals surface area contributed by atoms with Crippen LogP contribution in [0.5, 0.6) is 17.2 Å². The van der Waals surface area contributed by atoms with Crippen LogP contribution in [0.4, 0.5) is 0 Å². The van der Waals surface area contributed by atoms with Gasteiger partial charge < -0.3 is 18.6 Å². The molecule has 7 heteroatoms. The Hall–Kier alpha value is -3.61. The summed E-state index contributed by atoms with van der Waals surface area (Å²) in [6, 6.07) is 10.9. The normalized spacial score (nSPS) is 10.5. The van der Waals surface area contributed by atoms with Crippen molar-refractivity contribution in [2.24, 2.45) is 0 Å². The highest BCUT2D eigenvalue weighted by Gasteiger charge is 2.12. The van der Waals surface area contributed by atoms with Gasteiger partial charge >= 0.3 is 5.97 Å². The van der Waals surface area contributed by atoms with E-state index in [9.17, 15) is 14.4 Å². The standard InChI is InChI=1S/C21H18O7/c1-3-25-21(24)14-4-6-15(7-5-14)28-19-12-27-18-10-16(26-11-13(2)22)8-9-17(18)20(19)23/h4-10,12H,3,11H2,1-2H3. The van der Waals surface area contributed by atoms with E-state index in [1.165, 1.54) is 19.3 Å². The lowest BCUT2D eigenvalue weighted by Crippen LogP contribution is -2.08. The summed E-state index contributed by atoms with van der Waals surface area (Å²) in [5.74, 6) is 0.269. The van der Waals surface area contributed by atoms with Gasteiger partial charge in [0, 0.05) is 6.07 Å². The monoisotopic (exact) mass is 382 g/mol. The molecule has 3 aromatic rings. The van der Waals surface area contributed by atoms with Crippen LogP contribution < -0.4 is 14.9 Å². The van der Waals surface area contributed by atoms with Crippen molar-refractivity contribution in [3.8, 4) is 17.2 Å². The van der Waals surface area contributed by atoms with Crippen molar-refractivity contribution in [3.05, 3.63) is 64.5 Å². The summed E-state index contributed by atoms with van der Waals surface area (Å²) in [6.07, 6.45) is 1.21. The van der Waals surface area contributed by atoms with Gasteiger partial charge in [-0.25, -0.2) is 4.79 Å². The maximum atomic E-state index is 12.6. The molecule has 0 radical (unpaired) electrons. The van der Waals surface area contributed by atoms with Crippen molar-refractivity contribution in [1.29, 1.82) is 0 Å². The van der Waals surface area contributed by atoms with Crippen molar-refractivity contribution in [2.45, 2.75) is 13.8 Å². The van der Waals surface area contributed by atoms with Gasteiger partial charge in [-0.1, -0.05) is 0 Å². The van der Waals surface area contributed by atoms with Crippen molar-refractivity contribution in [2.75, 3.05) is 13.2 Å². The van der Waals surface area contributed by atoms with Crippen LogP contribution in [-0.4, -0.2) is 25.0 Å². The van der Waals surface area contributed by atoms with Crippen molar-refractivity contribution < 1.29 is 28.2 Å². The second kappa shape index (κ2) is 8.39. The predicted octanol–water partition coefficient (Wildman–Crippen LogP) is 3.73. The highest BCUT2D eigenvalue weighted by Crippen LogP contribution is 2.24. The van der Waals surface area contributed by atoms with E-state index in [1.807, 2.05) is 0 Å². The number of carbonyl (C=O) groups is 2. The maximum Gasteiger partial charge on any atom is 0.338 e. The SMILES string of the molecule is CCOC(=O)c1ccc(Oc2coc3cc(OCC(C)=O)ccc3c2=O)cc1. The minimum Gasteiger partial charge on any atom is -0.486 e. The Kier molecular flexibility index (Phi) is 5.74. The molecule has 0 unspecified atom stereocenters. The van der Waals surface area contributed by atoms with Gasteiger partial charge in [-0.05, 0) is 50.2 Å². The van der Waals surface area contributed by atoms with Crippen LogP contribution in [0.25, 0.3) is 11.0 Å². The minimum atomic E-state index is -0.429. The third-order valence-corrected chi connectivity index (χ3v) is 3.75. The highest BCUT2D eigenvalue weighted by molar-refractivity contribution is 5.89. The fourth-order valence-electron chi connectivity index (χ4n) is 2.44. The molecule has 0 N–H and O–H groups in total. The van der Waals surface area contributed by atoms with E-state index < -0.39 is 5.97 Å². The molecular formula is C21H18O7. The Labute approximate surface area is 160 Å². The summed E-state index contributed by atoms with van der Waals surface area (Å²) in [5.41, 5.74) is 0.350. The summed E-state index contributed by atoms with van der Waals surface area (Å²) >= 11 is 0. The van der Waals surface area contributed by atoms with Crippen molar-refractivity contribution in [1.82, 2.24) is 0 Å². The van der Waals surface area contributed by atoms with E-state index in [2.05, 4.69) is 0 Å². The Balaban J connectivity index is 1.81. The second-order valence-corrected chi connectivity index (χ2v) is 5.92. The zero-order chi connectivity index (χ0) is 20.1. The van der Waals surface area contributed by atoms with Crippen molar-refractivity contribution >= 4 is 22.7 Å². The third-order valence-electron chi connectivity index (χ3n) is 3.75. The number of Topliss-reactive ketones (excluding diaryl/α,β-unsaturated/α-hetero) is 1. The Morgan fingerprint density at radius 3 is 2.43 bits per heavy atom. The first kappa shape index (κ1) is 19.2. The highest BCUT2D eigenvalue weighted by atomic mass is 16.5. The predicted molar refractivity (Wildman–Crippen MR) is 101 cm³/mol. The summed E-state index contributed by atoms with van der Waals surface area (Å²) in [5, 5.41) is 0.316. The van der Waals surface area contributed by atoms with Crippen LogP contribution in [0.1, 0.15) is 24.2 Å². The number of esters is 1. The summed E-state index contributed by atoms with van der Waals surface area (Å²) in [7, 11) is 0. The van der Waals surface area contributed by atoms with E-state index >= 15 is 0 Å². The smallest absolute Gasteiger partial charge is 0.338 e. The van der Waals surface area contributed by atoms with E-state index in [4.69, 9.17) is 18.6 Å². The molecule has 0 bridgehead atoms. The summed E-state index contributed by atoms with van der Waals surface area (Å²) in [4.78, 5) is 35.3. The molecule has 1 heterocycles. The van der Waals surface area contributed by atoms with Crippen LogP contribution in [0.15, 0.2) is 57.9 Å². The fraction of sp³-hybridized carbons (Fsp3) is 0.190. The van der Waals surface area contributed by atoms with E-state index in [0.717, 1.165) is 0 Å². The molecular weight excluding hydrogens is 364 g/mol. The lowest BCUT2D eigenvalue weighted by molar-refractivity contribution is -0.118. The van der Waals surface area contributed by atoms with Crippen LogP contribution in [-0.2, 0) is 9.53 Å². The number of benzene rings is 2. The molecule has 28 heavy (non-hydrogen) atoms. The molecule has 0 saturated carbocycles. The quantitative estimate of drug-likeness (QED) is 0.575. The van der Waals surface area contributed by atoms with Gasteiger partial charge in [0.25, 0.3) is 0 Å². The average molecular weight is 382 g/mol. The zero-order valence-corrected chi connectivity index (χ0v) is 15.4. The number of ketones is 1. The van der Waals surface area contributed by atoms with Gasteiger partial charge in [-0.3, -0.25) is 9.59 Å². The Morgan fingerprint density at radius 2 is 1.75 bits per heavy atom. The van der Waals surface area contributed by atoms with Gasteiger partial charge in [0.05, 0.1) is 17.6 Å². The number of hydrogen-bond acceptors (Lipinski definition) is 7. The lowest BCUT2D eigenvalue weighted by Gasteiger charge is -2.08. The maximum absolute atomic E-state index is 12.6. The molecule has 0 spiro atoms. The van der Waals surface area contributed by atoms with Crippen molar-refractivity contribution in [3.63, 3.8) is 0 Å². The summed E-state index contributed by atoms with van der Waals surface area (Å²) < 4.78 is 21.3. The lowest BCUT2D eigenvalue weighted by atomic mass is 10.2. The molecule has 0 aliphatic rings. The molecule has 0 fully saturated rings. The van der Waals surface area contributed by atoms with E-state index in [0.29, 0.717) is 28.0 Å². The van der Waals surface area contributed by atoms with Crippen LogP contribution in [0.2, 0.25) is 0 Å². The molecule has 0 aliphatic heterocycles. The summed E-state index contributed by atoms with van der Waals surface area (Å²) in [6.45, 7) is 3.38.